The van der Waals surface area contributed by atoms with Crippen molar-refractivity contribution in [2.75, 3.05) is 17.8 Å². The molecule has 13 heavy (non-hydrogen) atoms. The first-order valence-electron chi connectivity index (χ1n) is 4.14. The predicted octanol–water partition coefficient (Wildman–Crippen LogP) is 0.893. The molecule has 4 N–H and O–H groups in total. The van der Waals surface area contributed by atoms with Crippen LogP contribution in [-0.2, 0) is 0 Å². The summed E-state index contributed by atoms with van der Waals surface area (Å²) < 4.78 is 1.19. The van der Waals surface area contributed by atoms with Gasteiger partial charge in [0, 0.05) is 19.2 Å². The van der Waals surface area contributed by atoms with Gasteiger partial charge in [-0.2, -0.15) is 4.68 Å². The second-order valence-corrected chi connectivity index (χ2v) is 3.10. The van der Waals surface area contributed by atoms with Gasteiger partial charge in [0.2, 0.25) is 11.8 Å². The highest BCUT2D eigenvalue weighted by Gasteiger charge is 2.12. The van der Waals surface area contributed by atoms with E-state index in [0.29, 0.717) is 5.69 Å². The minimum atomic E-state index is -0.0249. The van der Waals surface area contributed by atoms with Gasteiger partial charge in [-0.15, -0.1) is 0 Å². The fraction of sp³-hybridized carbons (Fsp3) is 0.500. The van der Waals surface area contributed by atoms with Crippen LogP contribution in [-0.4, -0.2) is 28.0 Å². The van der Waals surface area contributed by atoms with E-state index < -0.39 is 0 Å². The van der Waals surface area contributed by atoms with Crippen molar-refractivity contribution in [2.45, 2.75) is 19.9 Å². The molecule has 0 atom stereocenters. The van der Waals surface area contributed by atoms with Crippen molar-refractivity contribution in [3.8, 4) is 11.8 Å². The van der Waals surface area contributed by atoms with Gasteiger partial charge in [-0.1, -0.05) is 0 Å². The van der Waals surface area contributed by atoms with E-state index in [0.717, 1.165) is 0 Å². The fourth-order valence-electron chi connectivity index (χ4n) is 1.12. The molecule has 1 aromatic heterocycles. The SMILES string of the molecule is CNn1c(O)cc(NC(C)C)c1O. The van der Waals surface area contributed by atoms with Crippen molar-refractivity contribution in [1.29, 1.82) is 0 Å². The molecule has 0 saturated carbocycles. The van der Waals surface area contributed by atoms with Crippen LogP contribution in [0.25, 0.3) is 0 Å². The van der Waals surface area contributed by atoms with Crippen molar-refractivity contribution in [3.63, 3.8) is 0 Å². The lowest BCUT2D eigenvalue weighted by molar-refractivity contribution is 0.391. The molecule has 0 aliphatic carbocycles. The van der Waals surface area contributed by atoms with Crippen molar-refractivity contribution >= 4 is 5.69 Å². The molecule has 0 bridgehead atoms. The molecule has 5 heteroatoms. The van der Waals surface area contributed by atoms with E-state index in [4.69, 9.17) is 0 Å². The lowest BCUT2D eigenvalue weighted by Crippen LogP contribution is -2.10. The van der Waals surface area contributed by atoms with Crippen molar-refractivity contribution in [3.05, 3.63) is 6.07 Å². The third-order valence-corrected chi connectivity index (χ3v) is 1.62. The molecule has 1 heterocycles. The van der Waals surface area contributed by atoms with E-state index >= 15 is 0 Å². The number of hydrogen-bond acceptors (Lipinski definition) is 4. The highest BCUT2D eigenvalue weighted by molar-refractivity contribution is 5.58. The fourth-order valence-corrected chi connectivity index (χ4v) is 1.12. The average molecular weight is 185 g/mol. The second kappa shape index (κ2) is 3.47. The van der Waals surface area contributed by atoms with Crippen LogP contribution in [0.4, 0.5) is 5.69 Å². The van der Waals surface area contributed by atoms with Crippen LogP contribution in [0.15, 0.2) is 6.07 Å². The van der Waals surface area contributed by atoms with Crippen LogP contribution in [0, 0.1) is 0 Å². The standard InChI is InChI=1S/C8H15N3O2/c1-5(2)10-6-4-7(12)11(9-3)8(6)13/h4-5,9-10,12-13H,1-3H3. The number of aromatic hydroxyl groups is 2. The van der Waals surface area contributed by atoms with Gasteiger partial charge in [0.05, 0.1) is 0 Å². The van der Waals surface area contributed by atoms with Gasteiger partial charge >= 0.3 is 0 Å². The second-order valence-electron chi connectivity index (χ2n) is 3.10. The van der Waals surface area contributed by atoms with E-state index in [1.165, 1.54) is 10.7 Å². The molecular formula is C8H15N3O2. The van der Waals surface area contributed by atoms with Crippen LogP contribution in [0.2, 0.25) is 0 Å². The average Bonchev–Trinajstić information content (AvgIpc) is 2.26. The van der Waals surface area contributed by atoms with Crippen LogP contribution in [0.1, 0.15) is 13.8 Å². The molecule has 0 saturated heterocycles. The Bertz CT molecular complexity index is 294. The number of anilines is 1. The Hall–Kier alpha value is -1.52. The van der Waals surface area contributed by atoms with Crippen LogP contribution in [0.5, 0.6) is 11.8 Å². The Morgan fingerprint density at radius 3 is 2.38 bits per heavy atom. The molecule has 0 spiro atoms. The lowest BCUT2D eigenvalue weighted by Gasteiger charge is -2.08. The molecule has 0 amide bonds. The topological polar surface area (TPSA) is 69.5 Å². The summed E-state index contributed by atoms with van der Waals surface area (Å²) in [6.45, 7) is 3.90. The predicted molar refractivity (Wildman–Crippen MR) is 51.8 cm³/mol. The first-order chi connectivity index (χ1) is 6.06. The van der Waals surface area contributed by atoms with E-state index in [2.05, 4.69) is 10.7 Å². The van der Waals surface area contributed by atoms with Gasteiger partial charge in [-0.25, -0.2) is 0 Å². The number of rotatable bonds is 3. The molecule has 5 nitrogen and oxygen atoms in total. The Kier molecular flexibility index (Phi) is 2.55. The maximum absolute atomic E-state index is 9.54. The third kappa shape index (κ3) is 1.80. The normalized spacial score (nSPS) is 10.5. The first kappa shape index (κ1) is 9.57. The molecule has 74 valence electrons. The summed E-state index contributed by atoms with van der Waals surface area (Å²) in [6.07, 6.45) is 0. The summed E-state index contributed by atoms with van der Waals surface area (Å²) in [5.41, 5.74) is 3.15. The minimum Gasteiger partial charge on any atom is -0.493 e. The van der Waals surface area contributed by atoms with Crippen molar-refractivity contribution in [1.82, 2.24) is 4.68 Å². The summed E-state index contributed by atoms with van der Waals surface area (Å²) in [4.78, 5) is 0. The molecule has 0 radical (unpaired) electrons. The number of hydrogen-bond donors (Lipinski definition) is 4. The van der Waals surface area contributed by atoms with Gasteiger partial charge in [0.25, 0.3) is 0 Å². The Morgan fingerprint density at radius 2 is 2.00 bits per heavy atom. The largest absolute Gasteiger partial charge is 0.493 e. The lowest BCUT2D eigenvalue weighted by atomic mass is 10.3. The monoisotopic (exact) mass is 185 g/mol. The summed E-state index contributed by atoms with van der Waals surface area (Å²) in [7, 11) is 1.61. The Balaban J connectivity index is 2.96. The number of aromatic nitrogens is 1. The molecule has 0 fully saturated rings. The number of nitrogens with one attached hydrogen (secondary N) is 2. The Labute approximate surface area is 77.0 Å². The van der Waals surface area contributed by atoms with Crippen LogP contribution >= 0.6 is 0 Å². The maximum atomic E-state index is 9.54. The highest BCUT2D eigenvalue weighted by atomic mass is 16.3. The zero-order valence-corrected chi connectivity index (χ0v) is 8.00. The van der Waals surface area contributed by atoms with Gasteiger partial charge < -0.3 is 21.0 Å². The van der Waals surface area contributed by atoms with Gasteiger partial charge in [-0.3, -0.25) is 0 Å². The minimum absolute atomic E-state index is 0.0197. The quantitative estimate of drug-likeness (QED) is 0.564. The van der Waals surface area contributed by atoms with Crippen LogP contribution in [0.3, 0.4) is 0 Å². The Morgan fingerprint density at radius 1 is 1.38 bits per heavy atom. The van der Waals surface area contributed by atoms with Crippen molar-refractivity contribution < 1.29 is 10.2 Å². The zero-order valence-electron chi connectivity index (χ0n) is 8.00. The highest BCUT2D eigenvalue weighted by Crippen LogP contribution is 2.30. The smallest absolute Gasteiger partial charge is 0.237 e. The van der Waals surface area contributed by atoms with E-state index in [9.17, 15) is 10.2 Å². The molecule has 1 rings (SSSR count). The number of nitrogens with zero attached hydrogens (tertiary/aromatic N) is 1. The van der Waals surface area contributed by atoms with Gasteiger partial charge in [0.15, 0.2) is 0 Å². The summed E-state index contributed by atoms with van der Waals surface area (Å²) in [5, 5.41) is 21.9. The first-order valence-corrected chi connectivity index (χ1v) is 4.14. The molecule has 0 aliphatic heterocycles. The third-order valence-electron chi connectivity index (χ3n) is 1.62. The van der Waals surface area contributed by atoms with Gasteiger partial charge in [0.1, 0.15) is 5.69 Å². The van der Waals surface area contributed by atoms with Crippen molar-refractivity contribution in [2.24, 2.45) is 0 Å². The molecule has 1 aromatic rings. The van der Waals surface area contributed by atoms with E-state index in [1.807, 2.05) is 13.8 Å². The molecular weight excluding hydrogens is 170 g/mol. The summed E-state index contributed by atoms with van der Waals surface area (Å²) >= 11 is 0. The molecule has 0 unspecified atom stereocenters. The molecule has 0 aliphatic rings. The molecule has 0 aromatic carbocycles. The van der Waals surface area contributed by atoms with Gasteiger partial charge in [-0.05, 0) is 13.8 Å². The summed E-state index contributed by atoms with van der Waals surface area (Å²) in [5.74, 6) is -0.0446. The maximum Gasteiger partial charge on any atom is 0.237 e. The zero-order chi connectivity index (χ0) is 10.0. The summed E-state index contributed by atoms with van der Waals surface area (Å²) in [6, 6.07) is 1.67. The van der Waals surface area contributed by atoms with E-state index in [1.54, 1.807) is 7.05 Å². The van der Waals surface area contributed by atoms with E-state index in [-0.39, 0.29) is 17.8 Å². The van der Waals surface area contributed by atoms with Crippen LogP contribution < -0.4 is 10.7 Å².